The minimum atomic E-state index is -0.509. The van der Waals surface area contributed by atoms with E-state index in [0.29, 0.717) is 17.9 Å². The molecule has 0 saturated heterocycles. The summed E-state index contributed by atoms with van der Waals surface area (Å²) in [6, 6.07) is 17.2. The van der Waals surface area contributed by atoms with E-state index in [2.05, 4.69) is 10.3 Å². The van der Waals surface area contributed by atoms with Crippen molar-refractivity contribution < 1.29 is 13.9 Å². The van der Waals surface area contributed by atoms with Crippen molar-refractivity contribution in [3.63, 3.8) is 0 Å². The Labute approximate surface area is 158 Å². The fourth-order valence-electron chi connectivity index (χ4n) is 2.92. The van der Waals surface area contributed by atoms with Crippen molar-refractivity contribution in [3.05, 3.63) is 89.5 Å². The van der Waals surface area contributed by atoms with Crippen LogP contribution in [0.25, 0.3) is 0 Å². The number of halogens is 1. The first-order chi connectivity index (χ1) is 13.1. The number of rotatable bonds is 6. The van der Waals surface area contributed by atoms with Crippen LogP contribution in [0.4, 0.5) is 10.1 Å². The van der Waals surface area contributed by atoms with E-state index < -0.39 is 5.92 Å². The van der Waals surface area contributed by atoms with E-state index in [9.17, 15) is 9.18 Å². The summed E-state index contributed by atoms with van der Waals surface area (Å²) in [6.45, 7) is 1.94. The van der Waals surface area contributed by atoms with E-state index in [4.69, 9.17) is 4.74 Å². The van der Waals surface area contributed by atoms with Gasteiger partial charge in [0.15, 0.2) is 0 Å². The fraction of sp³-hybridized carbons (Fsp3) is 0.182. The van der Waals surface area contributed by atoms with Gasteiger partial charge in [-0.15, -0.1) is 0 Å². The summed E-state index contributed by atoms with van der Waals surface area (Å²) in [4.78, 5) is 17.4. The van der Waals surface area contributed by atoms with Crippen LogP contribution in [-0.2, 0) is 11.2 Å². The predicted octanol–water partition coefficient (Wildman–Crippen LogP) is 4.50. The average molecular weight is 364 g/mol. The summed E-state index contributed by atoms with van der Waals surface area (Å²) in [6.07, 6.45) is 2.10. The molecule has 2 aromatic carbocycles. The van der Waals surface area contributed by atoms with Gasteiger partial charge >= 0.3 is 0 Å². The molecule has 4 nitrogen and oxygen atoms in total. The number of hydrogen-bond donors (Lipinski definition) is 1. The van der Waals surface area contributed by atoms with Gasteiger partial charge in [-0.25, -0.2) is 4.39 Å². The topological polar surface area (TPSA) is 51.2 Å². The van der Waals surface area contributed by atoms with Crippen LogP contribution < -0.4 is 10.1 Å². The third kappa shape index (κ3) is 4.70. The quantitative estimate of drug-likeness (QED) is 0.700. The van der Waals surface area contributed by atoms with Crippen LogP contribution >= 0.6 is 0 Å². The number of ether oxygens (including phenoxy) is 1. The Bertz CT molecular complexity index is 911. The number of aryl methyl sites for hydroxylation is 1. The average Bonchev–Trinajstić information content (AvgIpc) is 2.68. The zero-order valence-electron chi connectivity index (χ0n) is 15.3. The molecular formula is C22H21FN2O2. The number of anilines is 1. The first-order valence-electron chi connectivity index (χ1n) is 8.67. The molecular weight excluding hydrogens is 343 g/mol. The lowest BCUT2D eigenvalue weighted by molar-refractivity contribution is -0.117. The van der Waals surface area contributed by atoms with Crippen molar-refractivity contribution in [1.29, 1.82) is 0 Å². The minimum absolute atomic E-state index is 0.198. The van der Waals surface area contributed by atoms with Crippen LogP contribution in [0.2, 0.25) is 0 Å². The van der Waals surface area contributed by atoms with Gasteiger partial charge in [0.2, 0.25) is 5.91 Å². The summed E-state index contributed by atoms with van der Waals surface area (Å²) >= 11 is 0. The van der Waals surface area contributed by atoms with Crippen molar-refractivity contribution >= 4 is 11.6 Å². The molecule has 1 amide bonds. The molecule has 0 aliphatic heterocycles. The Balaban J connectivity index is 1.91. The molecule has 3 aromatic rings. The van der Waals surface area contributed by atoms with E-state index in [1.54, 1.807) is 25.4 Å². The van der Waals surface area contributed by atoms with E-state index in [1.807, 2.05) is 43.3 Å². The monoisotopic (exact) mass is 364 g/mol. The second kappa shape index (κ2) is 8.45. The Morgan fingerprint density at radius 1 is 1.15 bits per heavy atom. The molecule has 0 radical (unpaired) electrons. The molecule has 0 aliphatic carbocycles. The van der Waals surface area contributed by atoms with Gasteiger partial charge in [0.05, 0.1) is 18.7 Å². The molecule has 1 aromatic heterocycles. The van der Waals surface area contributed by atoms with Gasteiger partial charge in [-0.1, -0.05) is 24.3 Å². The summed E-state index contributed by atoms with van der Waals surface area (Å²) in [5.41, 5.74) is 3.13. The van der Waals surface area contributed by atoms with Gasteiger partial charge in [0.25, 0.3) is 0 Å². The number of methoxy groups -OCH3 is 1. The van der Waals surface area contributed by atoms with Crippen molar-refractivity contribution in [3.8, 4) is 5.75 Å². The minimum Gasteiger partial charge on any atom is -0.495 e. The number of carbonyl (C=O) groups is 1. The Morgan fingerprint density at radius 2 is 1.93 bits per heavy atom. The van der Waals surface area contributed by atoms with Crippen molar-refractivity contribution in [1.82, 2.24) is 4.98 Å². The van der Waals surface area contributed by atoms with E-state index >= 15 is 0 Å². The molecule has 1 atom stereocenters. The molecule has 1 N–H and O–H groups in total. The highest BCUT2D eigenvalue weighted by Crippen LogP contribution is 2.28. The Hall–Kier alpha value is -3.21. The molecule has 5 heteroatoms. The number of aromatic nitrogens is 1. The summed E-state index contributed by atoms with van der Waals surface area (Å²) in [7, 11) is 1.56. The Morgan fingerprint density at radius 3 is 2.59 bits per heavy atom. The smallest absolute Gasteiger partial charge is 0.232 e. The number of nitrogens with one attached hydrogen (secondary N) is 1. The normalized spacial score (nSPS) is 11.7. The first-order valence-corrected chi connectivity index (χ1v) is 8.67. The largest absolute Gasteiger partial charge is 0.495 e. The highest BCUT2D eigenvalue weighted by Gasteiger charge is 2.23. The number of nitrogens with zero attached hydrogens (tertiary/aromatic N) is 1. The third-order valence-electron chi connectivity index (χ3n) is 4.34. The molecule has 0 bridgehead atoms. The number of pyridine rings is 1. The maximum Gasteiger partial charge on any atom is 0.232 e. The zero-order chi connectivity index (χ0) is 19.2. The number of carbonyl (C=O) groups excluding carboxylic acids is 1. The van der Waals surface area contributed by atoms with Crippen LogP contribution in [0, 0.1) is 12.7 Å². The molecule has 27 heavy (non-hydrogen) atoms. The van der Waals surface area contributed by atoms with Gasteiger partial charge in [-0.05, 0) is 54.4 Å². The van der Waals surface area contributed by atoms with E-state index in [0.717, 1.165) is 16.8 Å². The zero-order valence-corrected chi connectivity index (χ0v) is 15.3. The maximum atomic E-state index is 13.3. The lowest BCUT2D eigenvalue weighted by atomic mass is 9.93. The molecule has 1 unspecified atom stereocenters. The summed E-state index contributed by atoms with van der Waals surface area (Å²) in [5, 5.41) is 2.95. The third-order valence-corrected chi connectivity index (χ3v) is 4.34. The van der Waals surface area contributed by atoms with Gasteiger partial charge in [-0.2, -0.15) is 0 Å². The fourth-order valence-corrected chi connectivity index (χ4v) is 2.92. The number of amides is 1. The molecule has 138 valence electrons. The highest BCUT2D eigenvalue weighted by molar-refractivity contribution is 5.97. The highest BCUT2D eigenvalue weighted by atomic mass is 19.1. The van der Waals surface area contributed by atoms with Gasteiger partial charge in [-0.3, -0.25) is 9.78 Å². The van der Waals surface area contributed by atoms with Crippen LogP contribution in [0.3, 0.4) is 0 Å². The second-order valence-electron chi connectivity index (χ2n) is 6.32. The van der Waals surface area contributed by atoms with Gasteiger partial charge in [0.1, 0.15) is 11.6 Å². The summed E-state index contributed by atoms with van der Waals surface area (Å²) in [5.74, 6) is -0.456. The number of benzene rings is 2. The van der Waals surface area contributed by atoms with Gasteiger partial charge < -0.3 is 10.1 Å². The van der Waals surface area contributed by atoms with E-state index in [1.165, 1.54) is 12.1 Å². The first kappa shape index (κ1) is 18.6. The maximum absolute atomic E-state index is 13.3. The lowest BCUT2D eigenvalue weighted by Crippen LogP contribution is -2.23. The second-order valence-corrected chi connectivity index (χ2v) is 6.32. The van der Waals surface area contributed by atoms with Crippen LogP contribution in [-0.4, -0.2) is 18.0 Å². The van der Waals surface area contributed by atoms with Crippen LogP contribution in [0.15, 0.2) is 66.9 Å². The van der Waals surface area contributed by atoms with E-state index in [-0.39, 0.29) is 11.7 Å². The molecule has 1 heterocycles. The van der Waals surface area contributed by atoms with Crippen molar-refractivity contribution in [2.24, 2.45) is 0 Å². The van der Waals surface area contributed by atoms with Crippen LogP contribution in [0.1, 0.15) is 22.7 Å². The standard InChI is InChI=1S/C22H21FN2O2/c1-15-6-11-21(27-2)20(13-15)25-22(26)19(14-18-5-3-4-12-24-18)16-7-9-17(23)10-8-16/h3-13,19H,14H2,1-2H3,(H,25,26). The molecule has 0 fully saturated rings. The lowest BCUT2D eigenvalue weighted by Gasteiger charge is -2.18. The SMILES string of the molecule is COc1ccc(C)cc1NC(=O)C(Cc1ccccn1)c1ccc(F)cc1. The molecule has 0 saturated carbocycles. The predicted molar refractivity (Wildman–Crippen MR) is 103 cm³/mol. The molecule has 3 rings (SSSR count). The summed E-state index contributed by atoms with van der Waals surface area (Å²) < 4.78 is 18.7. The molecule has 0 aliphatic rings. The van der Waals surface area contributed by atoms with Crippen molar-refractivity contribution in [2.75, 3.05) is 12.4 Å². The van der Waals surface area contributed by atoms with Crippen LogP contribution in [0.5, 0.6) is 5.75 Å². The molecule has 0 spiro atoms. The number of hydrogen-bond acceptors (Lipinski definition) is 3. The van der Waals surface area contributed by atoms with Crippen molar-refractivity contribution in [2.45, 2.75) is 19.3 Å². The van der Waals surface area contributed by atoms with Gasteiger partial charge in [0, 0.05) is 18.3 Å². The Kier molecular flexibility index (Phi) is 5.81.